The summed E-state index contributed by atoms with van der Waals surface area (Å²) in [7, 11) is 0. The van der Waals surface area contributed by atoms with Crippen molar-refractivity contribution in [3.05, 3.63) is 82.7 Å². The number of hydrogen-bond donors (Lipinski definition) is 2. The highest BCUT2D eigenvalue weighted by Gasteiger charge is 2.45. The Bertz CT molecular complexity index is 942. The lowest BCUT2D eigenvalue weighted by Crippen LogP contribution is -2.40. The molecule has 0 heterocycles. The molecule has 0 amide bonds. The Labute approximate surface area is 133 Å². The molecule has 3 heteroatoms. The van der Waals surface area contributed by atoms with Gasteiger partial charge in [0.1, 0.15) is 17.0 Å². The van der Waals surface area contributed by atoms with E-state index < -0.39 is 17.0 Å². The Balaban J connectivity index is 2.22. The molecule has 4 rings (SSSR count). The van der Waals surface area contributed by atoms with Crippen molar-refractivity contribution in [2.45, 2.75) is 25.0 Å². The van der Waals surface area contributed by atoms with Crippen molar-refractivity contribution in [1.29, 1.82) is 0 Å². The number of benzene rings is 3. The Morgan fingerprint density at radius 3 is 1.91 bits per heavy atom. The summed E-state index contributed by atoms with van der Waals surface area (Å²) in [6.45, 7) is 3.35. The van der Waals surface area contributed by atoms with Crippen LogP contribution in [0.5, 0.6) is 0 Å². The first-order chi connectivity index (χ1) is 10.8. The molecule has 2 N–H and O–H groups in total. The maximum Gasteiger partial charge on any atom is 0.131 e. The minimum Gasteiger partial charge on any atom is -0.381 e. The molecule has 0 unspecified atom stereocenters. The molecule has 3 aromatic carbocycles. The lowest BCUT2D eigenvalue weighted by Gasteiger charge is -2.42. The molecule has 3 aromatic rings. The van der Waals surface area contributed by atoms with E-state index in [2.05, 4.69) is 0 Å². The van der Waals surface area contributed by atoms with Crippen LogP contribution in [-0.4, -0.2) is 10.2 Å². The molecular weight excluding hydrogens is 291 g/mol. The minimum atomic E-state index is -1.36. The van der Waals surface area contributed by atoms with Crippen molar-refractivity contribution in [1.82, 2.24) is 0 Å². The molecule has 2 atom stereocenters. The smallest absolute Gasteiger partial charge is 0.131 e. The van der Waals surface area contributed by atoms with E-state index in [1.807, 2.05) is 24.3 Å². The van der Waals surface area contributed by atoms with Gasteiger partial charge < -0.3 is 10.2 Å². The van der Waals surface area contributed by atoms with Gasteiger partial charge in [-0.15, -0.1) is 0 Å². The summed E-state index contributed by atoms with van der Waals surface area (Å²) in [5.74, 6) is -0.394. The van der Waals surface area contributed by atoms with Gasteiger partial charge in [0.2, 0.25) is 0 Å². The molecular formula is C20H17FO2. The van der Waals surface area contributed by atoms with Crippen LogP contribution in [0.3, 0.4) is 0 Å². The van der Waals surface area contributed by atoms with Crippen molar-refractivity contribution in [2.75, 3.05) is 0 Å². The third-order valence-corrected chi connectivity index (χ3v) is 4.98. The van der Waals surface area contributed by atoms with E-state index in [-0.39, 0.29) is 0 Å². The highest BCUT2D eigenvalue weighted by molar-refractivity contribution is 5.90. The molecule has 0 saturated carbocycles. The lowest BCUT2D eigenvalue weighted by molar-refractivity contribution is 0.0519. The molecule has 0 radical (unpaired) electrons. The number of hydrogen-bond acceptors (Lipinski definition) is 2. The van der Waals surface area contributed by atoms with Crippen molar-refractivity contribution in [2.24, 2.45) is 0 Å². The largest absolute Gasteiger partial charge is 0.381 e. The van der Waals surface area contributed by atoms with Gasteiger partial charge in [-0.05, 0) is 42.0 Å². The molecule has 1 aliphatic carbocycles. The third kappa shape index (κ3) is 1.75. The maximum atomic E-state index is 14.6. The summed E-state index contributed by atoms with van der Waals surface area (Å²) in [6, 6.07) is 15.6. The lowest BCUT2D eigenvalue weighted by atomic mass is 9.67. The molecule has 23 heavy (non-hydrogen) atoms. The normalized spacial score (nSPS) is 26.0. The Hall–Kier alpha value is -2.23. The van der Waals surface area contributed by atoms with Crippen LogP contribution in [0.2, 0.25) is 0 Å². The van der Waals surface area contributed by atoms with Crippen LogP contribution >= 0.6 is 0 Å². The summed E-state index contributed by atoms with van der Waals surface area (Å²) in [5.41, 5.74) is -0.433. The predicted octanol–water partition coefficient (Wildman–Crippen LogP) is 3.80. The fourth-order valence-corrected chi connectivity index (χ4v) is 3.85. The Morgan fingerprint density at radius 2 is 1.26 bits per heavy atom. The van der Waals surface area contributed by atoms with Gasteiger partial charge in [-0.1, -0.05) is 48.5 Å². The fourth-order valence-electron chi connectivity index (χ4n) is 3.85. The summed E-state index contributed by atoms with van der Waals surface area (Å²) < 4.78 is 14.6. The van der Waals surface area contributed by atoms with Gasteiger partial charge in [0.25, 0.3) is 0 Å². The van der Waals surface area contributed by atoms with Gasteiger partial charge in [-0.3, -0.25) is 0 Å². The van der Waals surface area contributed by atoms with Crippen molar-refractivity contribution < 1.29 is 14.6 Å². The summed E-state index contributed by atoms with van der Waals surface area (Å²) in [5, 5.41) is 23.5. The average molecular weight is 308 g/mol. The van der Waals surface area contributed by atoms with Gasteiger partial charge in [0.15, 0.2) is 0 Å². The zero-order valence-corrected chi connectivity index (χ0v) is 13.0. The molecule has 1 aliphatic rings. The molecule has 2 nitrogen and oxygen atoms in total. The molecule has 0 spiro atoms. The van der Waals surface area contributed by atoms with Crippen molar-refractivity contribution in [3.8, 4) is 0 Å². The van der Waals surface area contributed by atoms with E-state index in [0.717, 1.165) is 0 Å². The Morgan fingerprint density at radius 1 is 0.739 bits per heavy atom. The zero-order chi connectivity index (χ0) is 16.4. The summed E-state index contributed by atoms with van der Waals surface area (Å²) >= 11 is 0. The van der Waals surface area contributed by atoms with Crippen molar-refractivity contribution in [3.63, 3.8) is 0 Å². The standard InChI is InChI=1S/C20H17FO2/c1-19(22)14-9-5-6-10-15(14)20(2,23)18-13-8-4-3-7-12(13)17(21)11-16(18)19/h3-11,22-23H,1-2H3/t19-,20+/m0/s1. The average Bonchev–Trinajstić information content (AvgIpc) is 2.53. The highest BCUT2D eigenvalue weighted by Crippen LogP contribution is 2.50. The van der Waals surface area contributed by atoms with Gasteiger partial charge in [-0.25, -0.2) is 4.39 Å². The molecule has 0 aliphatic heterocycles. The van der Waals surface area contributed by atoms with Gasteiger partial charge >= 0.3 is 0 Å². The Kier molecular flexibility index (Phi) is 2.75. The zero-order valence-electron chi connectivity index (χ0n) is 13.0. The van der Waals surface area contributed by atoms with E-state index in [1.165, 1.54) is 6.07 Å². The number of halogens is 1. The van der Waals surface area contributed by atoms with E-state index >= 15 is 0 Å². The first-order valence-electron chi connectivity index (χ1n) is 7.62. The first-order valence-corrected chi connectivity index (χ1v) is 7.62. The van der Waals surface area contributed by atoms with E-state index in [1.54, 1.807) is 38.1 Å². The van der Waals surface area contributed by atoms with Crippen LogP contribution in [0.25, 0.3) is 10.8 Å². The summed E-state index contributed by atoms with van der Waals surface area (Å²) in [4.78, 5) is 0. The number of fused-ring (bicyclic) bond motifs is 4. The van der Waals surface area contributed by atoms with Crippen LogP contribution in [-0.2, 0) is 11.2 Å². The highest BCUT2D eigenvalue weighted by atomic mass is 19.1. The van der Waals surface area contributed by atoms with Crippen LogP contribution in [0.4, 0.5) is 4.39 Å². The number of aliphatic hydroxyl groups is 2. The summed E-state index contributed by atoms with van der Waals surface area (Å²) in [6.07, 6.45) is 0. The SMILES string of the molecule is C[C@]1(O)c2ccccc2[C@@](C)(O)c2c1cc(F)c1ccccc21. The fraction of sp³-hybridized carbons (Fsp3) is 0.200. The van der Waals surface area contributed by atoms with Crippen LogP contribution in [0, 0.1) is 5.82 Å². The molecule has 116 valence electrons. The molecule has 0 aromatic heterocycles. The van der Waals surface area contributed by atoms with E-state index in [0.29, 0.717) is 33.0 Å². The van der Waals surface area contributed by atoms with Gasteiger partial charge in [0.05, 0.1) is 0 Å². The van der Waals surface area contributed by atoms with Crippen LogP contribution < -0.4 is 0 Å². The second kappa shape index (κ2) is 4.40. The monoisotopic (exact) mass is 308 g/mol. The van der Waals surface area contributed by atoms with Gasteiger partial charge in [-0.2, -0.15) is 0 Å². The number of rotatable bonds is 0. The second-order valence-corrected chi connectivity index (χ2v) is 6.52. The minimum absolute atomic E-state index is 0.394. The first kappa shape index (κ1) is 14.4. The van der Waals surface area contributed by atoms with Gasteiger partial charge in [0, 0.05) is 10.9 Å². The van der Waals surface area contributed by atoms with Crippen LogP contribution in [0.15, 0.2) is 54.6 Å². The molecule has 0 fully saturated rings. The predicted molar refractivity (Wildman–Crippen MR) is 87.7 cm³/mol. The molecule has 0 saturated heterocycles. The van der Waals surface area contributed by atoms with E-state index in [4.69, 9.17) is 0 Å². The second-order valence-electron chi connectivity index (χ2n) is 6.52. The molecule has 0 bridgehead atoms. The van der Waals surface area contributed by atoms with E-state index in [9.17, 15) is 14.6 Å². The maximum absolute atomic E-state index is 14.6. The topological polar surface area (TPSA) is 40.5 Å². The van der Waals surface area contributed by atoms with Crippen LogP contribution in [0.1, 0.15) is 36.1 Å². The third-order valence-electron chi connectivity index (χ3n) is 4.98. The quantitative estimate of drug-likeness (QED) is 0.663. The van der Waals surface area contributed by atoms with Crippen molar-refractivity contribution >= 4 is 10.8 Å².